The highest BCUT2D eigenvalue weighted by atomic mass is 15.0. The Hall–Kier alpha value is -0.0400. The van der Waals surface area contributed by atoms with Gasteiger partial charge in [0.25, 0.3) is 0 Å². The first-order valence-corrected chi connectivity index (χ1v) is 4.06. The van der Waals surface area contributed by atoms with E-state index in [1.807, 2.05) is 0 Å². The summed E-state index contributed by atoms with van der Waals surface area (Å²) >= 11 is 0. The first-order chi connectivity index (χ1) is 4.29. The van der Waals surface area contributed by atoms with Crippen molar-refractivity contribution in [1.29, 1.82) is 0 Å². The maximum absolute atomic E-state index is 3.67. The molecular weight excluding hydrogens is 110 g/mol. The topological polar surface area (TPSA) is 12.0 Å². The van der Waals surface area contributed by atoms with Gasteiger partial charge >= 0.3 is 0 Å². The summed E-state index contributed by atoms with van der Waals surface area (Å²) in [5.41, 5.74) is 0.545. The highest BCUT2D eigenvalue weighted by Gasteiger charge is 2.36. The second-order valence-electron chi connectivity index (χ2n) is 3.83. The van der Waals surface area contributed by atoms with Gasteiger partial charge in [-0.2, -0.15) is 0 Å². The standard InChI is InChI=1S/C8H15N/c1-8-5-2-3-7(9-8)4-6-8/h7,9H,2-6H2,1H3/t7?,8-/m0/s1. The van der Waals surface area contributed by atoms with Crippen LogP contribution in [0.2, 0.25) is 0 Å². The van der Waals surface area contributed by atoms with Gasteiger partial charge in [0, 0.05) is 11.6 Å². The van der Waals surface area contributed by atoms with E-state index in [2.05, 4.69) is 12.2 Å². The van der Waals surface area contributed by atoms with E-state index in [1.54, 1.807) is 0 Å². The van der Waals surface area contributed by atoms with Gasteiger partial charge in [0.2, 0.25) is 0 Å². The van der Waals surface area contributed by atoms with Crippen LogP contribution in [-0.4, -0.2) is 11.6 Å². The van der Waals surface area contributed by atoms with E-state index in [1.165, 1.54) is 32.1 Å². The maximum Gasteiger partial charge on any atom is 0.0156 e. The predicted octanol–water partition coefficient (Wildman–Crippen LogP) is 1.68. The van der Waals surface area contributed by atoms with E-state index >= 15 is 0 Å². The third-order valence-corrected chi connectivity index (χ3v) is 2.88. The molecule has 1 nitrogen and oxygen atoms in total. The molecule has 2 aliphatic heterocycles. The largest absolute Gasteiger partial charge is 0.309 e. The highest BCUT2D eigenvalue weighted by Crippen LogP contribution is 2.34. The Morgan fingerprint density at radius 3 is 2.89 bits per heavy atom. The van der Waals surface area contributed by atoms with Crippen LogP contribution in [0.3, 0.4) is 0 Å². The molecule has 2 saturated heterocycles. The van der Waals surface area contributed by atoms with Crippen molar-refractivity contribution in [3.05, 3.63) is 0 Å². The van der Waals surface area contributed by atoms with Crippen LogP contribution in [0, 0.1) is 0 Å². The molecule has 0 saturated carbocycles. The average molecular weight is 125 g/mol. The molecule has 2 aliphatic rings. The monoisotopic (exact) mass is 125 g/mol. The van der Waals surface area contributed by atoms with Gasteiger partial charge in [-0.1, -0.05) is 6.42 Å². The van der Waals surface area contributed by atoms with Crippen LogP contribution in [0.4, 0.5) is 0 Å². The molecule has 0 spiro atoms. The molecule has 2 heterocycles. The summed E-state index contributed by atoms with van der Waals surface area (Å²) in [5.74, 6) is 0. The van der Waals surface area contributed by atoms with Crippen LogP contribution < -0.4 is 5.32 Å². The van der Waals surface area contributed by atoms with Gasteiger partial charge in [-0.3, -0.25) is 0 Å². The van der Waals surface area contributed by atoms with Crippen molar-refractivity contribution in [3.8, 4) is 0 Å². The van der Waals surface area contributed by atoms with Crippen LogP contribution >= 0.6 is 0 Å². The van der Waals surface area contributed by atoms with E-state index in [-0.39, 0.29) is 0 Å². The smallest absolute Gasteiger partial charge is 0.0156 e. The summed E-state index contributed by atoms with van der Waals surface area (Å²) in [6.45, 7) is 2.37. The summed E-state index contributed by atoms with van der Waals surface area (Å²) in [5, 5.41) is 3.67. The zero-order chi connectivity index (χ0) is 6.32. The second kappa shape index (κ2) is 1.72. The number of piperidine rings is 1. The molecule has 0 aromatic heterocycles. The van der Waals surface area contributed by atoms with Gasteiger partial charge in [0.05, 0.1) is 0 Å². The lowest BCUT2D eigenvalue weighted by Crippen LogP contribution is -2.43. The molecule has 0 aliphatic carbocycles. The lowest BCUT2D eigenvalue weighted by Gasteiger charge is -2.30. The van der Waals surface area contributed by atoms with Crippen LogP contribution in [-0.2, 0) is 0 Å². The first-order valence-electron chi connectivity index (χ1n) is 4.06. The molecule has 2 fully saturated rings. The van der Waals surface area contributed by atoms with Gasteiger partial charge < -0.3 is 5.32 Å². The summed E-state index contributed by atoms with van der Waals surface area (Å²) in [4.78, 5) is 0. The summed E-state index contributed by atoms with van der Waals surface area (Å²) < 4.78 is 0. The van der Waals surface area contributed by atoms with E-state index < -0.39 is 0 Å². The zero-order valence-corrected chi connectivity index (χ0v) is 6.11. The summed E-state index contributed by atoms with van der Waals surface area (Å²) in [6, 6.07) is 0.878. The molecule has 1 unspecified atom stereocenters. The van der Waals surface area contributed by atoms with E-state index in [0.717, 1.165) is 6.04 Å². The Labute approximate surface area is 56.8 Å². The van der Waals surface area contributed by atoms with Gasteiger partial charge in [-0.25, -0.2) is 0 Å². The number of hydrogen-bond acceptors (Lipinski definition) is 1. The first kappa shape index (κ1) is 5.72. The molecule has 0 aromatic rings. The molecule has 2 bridgehead atoms. The van der Waals surface area contributed by atoms with Crippen molar-refractivity contribution in [2.24, 2.45) is 0 Å². The molecule has 2 atom stereocenters. The van der Waals surface area contributed by atoms with Gasteiger partial charge in [-0.05, 0) is 32.6 Å². The Balaban J connectivity index is 2.13. The maximum atomic E-state index is 3.67. The molecule has 52 valence electrons. The molecule has 1 N–H and O–H groups in total. The fraction of sp³-hybridized carbons (Fsp3) is 1.00. The molecule has 1 heteroatoms. The fourth-order valence-corrected chi connectivity index (χ4v) is 2.28. The fourth-order valence-electron chi connectivity index (χ4n) is 2.28. The minimum Gasteiger partial charge on any atom is -0.309 e. The van der Waals surface area contributed by atoms with Crippen LogP contribution in [0.5, 0.6) is 0 Å². The molecule has 2 rings (SSSR count). The SMILES string of the molecule is C[C@]12CCCC(CC1)N2. The van der Waals surface area contributed by atoms with Crippen molar-refractivity contribution < 1.29 is 0 Å². The Morgan fingerprint density at radius 2 is 2.22 bits per heavy atom. The van der Waals surface area contributed by atoms with E-state index in [4.69, 9.17) is 0 Å². The normalized spacial score (nSPS) is 49.7. The number of hydrogen-bond donors (Lipinski definition) is 1. The summed E-state index contributed by atoms with van der Waals surface area (Å²) in [6.07, 6.45) is 7.13. The Bertz CT molecular complexity index is 118. The highest BCUT2D eigenvalue weighted by molar-refractivity contribution is 4.97. The van der Waals surface area contributed by atoms with Crippen molar-refractivity contribution in [3.63, 3.8) is 0 Å². The van der Waals surface area contributed by atoms with Crippen molar-refractivity contribution in [1.82, 2.24) is 5.32 Å². The summed E-state index contributed by atoms with van der Waals surface area (Å²) in [7, 11) is 0. The van der Waals surface area contributed by atoms with Crippen molar-refractivity contribution >= 4 is 0 Å². The quantitative estimate of drug-likeness (QED) is 0.519. The average Bonchev–Trinajstić information content (AvgIpc) is 2.07. The molecular formula is C8H15N. The zero-order valence-electron chi connectivity index (χ0n) is 6.11. The van der Waals surface area contributed by atoms with Crippen molar-refractivity contribution in [2.45, 2.75) is 50.6 Å². The number of nitrogens with one attached hydrogen (secondary N) is 1. The number of fused-ring (bicyclic) bond motifs is 2. The minimum atomic E-state index is 0.545. The third kappa shape index (κ3) is 0.877. The Kier molecular flexibility index (Phi) is 1.10. The van der Waals surface area contributed by atoms with Gasteiger partial charge in [-0.15, -0.1) is 0 Å². The molecule has 0 radical (unpaired) electrons. The van der Waals surface area contributed by atoms with Crippen LogP contribution in [0.15, 0.2) is 0 Å². The molecule has 9 heavy (non-hydrogen) atoms. The minimum absolute atomic E-state index is 0.545. The second-order valence-corrected chi connectivity index (χ2v) is 3.83. The van der Waals surface area contributed by atoms with E-state index in [0.29, 0.717) is 5.54 Å². The van der Waals surface area contributed by atoms with Crippen LogP contribution in [0.1, 0.15) is 39.0 Å². The van der Waals surface area contributed by atoms with Gasteiger partial charge in [0.1, 0.15) is 0 Å². The molecule has 0 aromatic carbocycles. The van der Waals surface area contributed by atoms with Gasteiger partial charge in [0.15, 0.2) is 0 Å². The lowest BCUT2D eigenvalue weighted by molar-refractivity contribution is 0.300. The predicted molar refractivity (Wildman–Crippen MR) is 38.4 cm³/mol. The van der Waals surface area contributed by atoms with Crippen molar-refractivity contribution in [2.75, 3.05) is 0 Å². The van der Waals surface area contributed by atoms with Crippen LogP contribution in [0.25, 0.3) is 0 Å². The van der Waals surface area contributed by atoms with E-state index in [9.17, 15) is 0 Å². The third-order valence-electron chi connectivity index (χ3n) is 2.88. The Morgan fingerprint density at radius 1 is 1.33 bits per heavy atom. The number of rotatable bonds is 0. The molecule has 0 amide bonds. The lowest BCUT2D eigenvalue weighted by atomic mass is 9.93.